The minimum absolute atomic E-state index is 0.164. The molecule has 0 heterocycles. The number of hydrogen-bond acceptors (Lipinski definition) is 7. The van der Waals surface area contributed by atoms with E-state index in [1.54, 1.807) is 5.01 Å². The number of aliphatic hydroxyl groups excluding tert-OH is 1. The van der Waals surface area contributed by atoms with Crippen molar-refractivity contribution in [1.82, 2.24) is 26.4 Å². The van der Waals surface area contributed by atoms with Crippen LogP contribution in [0.5, 0.6) is 5.75 Å². The second-order valence-electron chi connectivity index (χ2n) is 12.9. The number of amides is 4. The Hall–Kier alpha value is -4.74. The van der Waals surface area contributed by atoms with E-state index in [-0.39, 0.29) is 42.5 Å². The molecular formula is C38H51N5O6. The first-order valence-corrected chi connectivity index (χ1v) is 16.7. The van der Waals surface area contributed by atoms with Gasteiger partial charge >= 0.3 is 0 Å². The quantitative estimate of drug-likeness (QED) is 0.128. The Bertz CT molecular complexity index is 1480. The van der Waals surface area contributed by atoms with E-state index in [9.17, 15) is 24.3 Å². The third-order valence-corrected chi connectivity index (χ3v) is 7.97. The molecule has 264 valence electrons. The van der Waals surface area contributed by atoms with Crippen molar-refractivity contribution >= 4 is 23.6 Å². The van der Waals surface area contributed by atoms with Gasteiger partial charge in [0.25, 0.3) is 5.91 Å². The Morgan fingerprint density at radius 2 is 1.22 bits per heavy atom. The van der Waals surface area contributed by atoms with Gasteiger partial charge in [0.15, 0.2) is 0 Å². The van der Waals surface area contributed by atoms with Crippen LogP contribution in [0, 0.1) is 11.8 Å². The molecule has 0 saturated carbocycles. The van der Waals surface area contributed by atoms with Crippen molar-refractivity contribution in [2.24, 2.45) is 11.8 Å². The number of hydrazine groups is 1. The lowest BCUT2D eigenvalue weighted by Gasteiger charge is -2.31. The number of carbonyl (C=O) groups is 4. The Kier molecular flexibility index (Phi) is 15.2. The van der Waals surface area contributed by atoms with Crippen molar-refractivity contribution in [2.45, 2.75) is 85.3 Å². The summed E-state index contributed by atoms with van der Waals surface area (Å²) >= 11 is 0. The molecule has 0 aromatic heterocycles. The summed E-state index contributed by atoms with van der Waals surface area (Å²) in [4.78, 5) is 50.5. The van der Waals surface area contributed by atoms with Gasteiger partial charge in [-0.3, -0.25) is 24.6 Å². The molecular weight excluding hydrogens is 622 g/mol. The zero-order valence-corrected chi connectivity index (χ0v) is 29.3. The Morgan fingerprint density at radius 3 is 1.76 bits per heavy atom. The Labute approximate surface area is 289 Å². The number of nitrogens with zero attached hydrogens (tertiary/aromatic N) is 1. The summed E-state index contributed by atoms with van der Waals surface area (Å²) in [5.74, 6) is -1.10. The van der Waals surface area contributed by atoms with Crippen LogP contribution in [-0.4, -0.2) is 58.5 Å². The summed E-state index contributed by atoms with van der Waals surface area (Å²) in [7, 11) is 0. The molecule has 0 saturated heterocycles. The van der Waals surface area contributed by atoms with E-state index in [0.29, 0.717) is 24.5 Å². The molecule has 0 radical (unpaired) electrons. The molecule has 5 N–H and O–H groups in total. The minimum Gasteiger partial charge on any atom is -0.489 e. The average molecular weight is 674 g/mol. The van der Waals surface area contributed by atoms with Crippen molar-refractivity contribution in [3.63, 3.8) is 0 Å². The van der Waals surface area contributed by atoms with E-state index in [2.05, 4.69) is 21.4 Å². The number of nitrogens with one attached hydrogen (secondary N) is 4. The lowest BCUT2D eigenvalue weighted by atomic mass is 9.97. The van der Waals surface area contributed by atoms with Crippen LogP contribution in [0.15, 0.2) is 84.9 Å². The topological polar surface area (TPSA) is 149 Å². The van der Waals surface area contributed by atoms with Gasteiger partial charge in [0.05, 0.1) is 12.1 Å². The minimum atomic E-state index is -1.05. The maximum Gasteiger partial charge on any atom is 0.257 e. The zero-order valence-electron chi connectivity index (χ0n) is 29.3. The largest absolute Gasteiger partial charge is 0.489 e. The summed E-state index contributed by atoms with van der Waals surface area (Å²) in [5, 5.41) is 21.6. The summed E-state index contributed by atoms with van der Waals surface area (Å²) in [5.41, 5.74) is 5.57. The van der Waals surface area contributed by atoms with Crippen molar-refractivity contribution in [1.29, 1.82) is 0 Å². The number of aliphatic hydroxyl groups is 1. The molecule has 0 aliphatic rings. The summed E-state index contributed by atoms with van der Waals surface area (Å²) in [6.07, 6.45) is -0.891. The summed E-state index contributed by atoms with van der Waals surface area (Å²) in [6.45, 7) is 11.0. The number of ether oxygens (including phenoxy) is 1. The first-order valence-electron chi connectivity index (χ1n) is 16.7. The van der Waals surface area contributed by atoms with Crippen molar-refractivity contribution in [3.8, 4) is 5.75 Å². The highest BCUT2D eigenvalue weighted by atomic mass is 16.5. The normalized spacial score (nSPS) is 13.7. The highest BCUT2D eigenvalue weighted by Crippen LogP contribution is 2.21. The predicted octanol–water partition coefficient (Wildman–Crippen LogP) is 4.03. The lowest BCUT2D eigenvalue weighted by Crippen LogP contribution is -2.54. The molecule has 11 heteroatoms. The van der Waals surface area contributed by atoms with E-state index >= 15 is 0 Å². The van der Waals surface area contributed by atoms with Gasteiger partial charge in [-0.15, -0.1) is 0 Å². The number of benzene rings is 3. The van der Waals surface area contributed by atoms with Gasteiger partial charge in [0.1, 0.15) is 24.4 Å². The third-order valence-electron chi connectivity index (χ3n) is 7.97. The second-order valence-corrected chi connectivity index (χ2v) is 12.9. The summed E-state index contributed by atoms with van der Waals surface area (Å²) < 4.78 is 5.93. The second kappa shape index (κ2) is 19.3. The van der Waals surface area contributed by atoms with E-state index in [1.165, 1.54) is 13.8 Å². The van der Waals surface area contributed by atoms with Gasteiger partial charge in [-0.05, 0) is 47.1 Å². The van der Waals surface area contributed by atoms with Crippen molar-refractivity contribution in [3.05, 3.63) is 102 Å². The molecule has 4 atom stereocenters. The predicted molar refractivity (Wildman–Crippen MR) is 189 cm³/mol. The summed E-state index contributed by atoms with van der Waals surface area (Å²) in [6, 6.07) is 24.2. The SMILES string of the molecule is CC(=O)NC(C(=O)NC(c1ccccc1)C(O)CCN(Cc1ccc(OCc2ccccc2)cc1)NC(=O)C(NC(C)=O)C(C)C)C(C)C. The molecule has 3 rings (SSSR count). The van der Waals surface area contributed by atoms with Crippen LogP contribution < -0.4 is 26.1 Å². The first-order chi connectivity index (χ1) is 23.3. The molecule has 0 fully saturated rings. The lowest BCUT2D eigenvalue weighted by molar-refractivity contribution is -0.133. The van der Waals surface area contributed by atoms with Crippen LogP contribution in [0.4, 0.5) is 0 Å². The van der Waals surface area contributed by atoms with Gasteiger partial charge in [0, 0.05) is 26.9 Å². The Morgan fingerprint density at radius 1 is 0.694 bits per heavy atom. The molecule has 3 aromatic rings. The molecule has 0 aliphatic heterocycles. The molecule has 11 nitrogen and oxygen atoms in total. The fraction of sp³-hybridized carbons (Fsp3) is 0.421. The van der Waals surface area contributed by atoms with Crippen LogP contribution in [0.3, 0.4) is 0 Å². The number of carbonyl (C=O) groups excluding carboxylic acids is 4. The fourth-order valence-corrected chi connectivity index (χ4v) is 5.32. The molecule has 4 unspecified atom stereocenters. The molecule has 3 aromatic carbocycles. The zero-order chi connectivity index (χ0) is 35.9. The maximum absolute atomic E-state index is 13.4. The molecule has 0 bridgehead atoms. The standard InChI is InChI=1S/C38H51N5O6/c1-25(2)34(39-27(5)44)37(47)41-36(31-15-11-8-12-16-31)33(46)21-22-43(42-38(48)35(26(3)4)40-28(6)45)23-29-17-19-32(20-18-29)49-24-30-13-9-7-10-14-30/h7-20,25-26,33-36,46H,21-24H2,1-6H3,(H,39,44)(H,40,45)(H,41,47)(H,42,48). The Balaban J connectivity index is 1.79. The monoisotopic (exact) mass is 673 g/mol. The van der Waals surface area contributed by atoms with Gasteiger partial charge in [0.2, 0.25) is 17.7 Å². The molecule has 0 aliphatic carbocycles. The average Bonchev–Trinajstić information content (AvgIpc) is 3.07. The van der Waals surface area contributed by atoms with E-state index < -0.39 is 30.1 Å². The molecule has 49 heavy (non-hydrogen) atoms. The van der Waals surface area contributed by atoms with Crippen LogP contribution >= 0.6 is 0 Å². The fourth-order valence-electron chi connectivity index (χ4n) is 5.32. The highest BCUT2D eigenvalue weighted by Gasteiger charge is 2.30. The third kappa shape index (κ3) is 13.0. The first kappa shape index (κ1) is 38.7. The molecule has 4 amide bonds. The van der Waals surface area contributed by atoms with Gasteiger partial charge in [-0.1, -0.05) is 100 Å². The van der Waals surface area contributed by atoms with Crippen LogP contribution in [0.2, 0.25) is 0 Å². The van der Waals surface area contributed by atoms with Crippen LogP contribution in [0.1, 0.15) is 70.7 Å². The van der Waals surface area contributed by atoms with Crippen LogP contribution in [0.25, 0.3) is 0 Å². The van der Waals surface area contributed by atoms with E-state index in [0.717, 1.165) is 11.1 Å². The molecule has 0 spiro atoms. The van der Waals surface area contributed by atoms with Gasteiger partial charge < -0.3 is 25.8 Å². The van der Waals surface area contributed by atoms with Crippen molar-refractivity contribution < 1.29 is 29.0 Å². The smallest absolute Gasteiger partial charge is 0.257 e. The number of hydrogen-bond donors (Lipinski definition) is 5. The highest BCUT2D eigenvalue weighted by molar-refractivity contribution is 5.87. The number of rotatable bonds is 18. The van der Waals surface area contributed by atoms with Crippen LogP contribution in [-0.2, 0) is 32.3 Å². The van der Waals surface area contributed by atoms with Gasteiger partial charge in [-0.25, -0.2) is 5.01 Å². The van der Waals surface area contributed by atoms with E-state index in [4.69, 9.17) is 4.74 Å². The van der Waals surface area contributed by atoms with E-state index in [1.807, 2.05) is 113 Å². The van der Waals surface area contributed by atoms with Crippen molar-refractivity contribution in [2.75, 3.05) is 6.54 Å². The van der Waals surface area contributed by atoms with Gasteiger partial charge in [-0.2, -0.15) is 0 Å². The maximum atomic E-state index is 13.4.